The summed E-state index contributed by atoms with van der Waals surface area (Å²) >= 11 is 0. The van der Waals surface area contributed by atoms with Crippen LogP contribution in [0.5, 0.6) is 0 Å². The first-order chi connectivity index (χ1) is 3.80. The van der Waals surface area contributed by atoms with Gasteiger partial charge in [0.25, 0.3) is 0 Å². The summed E-state index contributed by atoms with van der Waals surface area (Å²) in [5, 5.41) is 2.56. The summed E-state index contributed by atoms with van der Waals surface area (Å²) in [5.74, 6) is -0.201. The van der Waals surface area contributed by atoms with Crippen LogP contribution >= 0.6 is 0 Å². The van der Waals surface area contributed by atoms with Crippen molar-refractivity contribution in [3.63, 3.8) is 0 Å². The molecule has 0 aromatic rings. The van der Waals surface area contributed by atoms with Crippen molar-refractivity contribution in [3.05, 3.63) is 23.7 Å². The summed E-state index contributed by atoms with van der Waals surface area (Å²) in [5.41, 5.74) is 0.677. The molecule has 8 heavy (non-hydrogen) atoms. The van der Waals surface area contributed by atoms with Crippen LogP contribution in [0.1, 0.15) is 6.92 Å². The van der Waals surface area contributed by atoms with E-state index in [9.17, 15) is 4.39 Å². The van der Waals surface area contributed by atoms with Crippen LogP contribution in [-0.4, -0.2) is 6.54 Å². The normalized spacial score (nSPS) is 18.8. The molecule has 0 aliphatic carbocycles. The molecule has 1 heterocycles. The Labute approximate surface area is 47.9 Å². The highest BCUT2D eigenvalue weighted by atomic mass is 19.1. The number of rotatable bonds is 0. The van der Waals surface area contributed by atoms with Crippen LogP contribution in [0.25, 0.3) is 0 Å². The lowest BCUT2D eigenvalue weighted by Crippen LogP contribution is -2.13. The molecule has 44 valence electrons. The Morgan fingerprint density at radius 2 is 2.50 bits per heavy atom. The first-order valence-corrected chi connectivity index (χ1v) is 2.57. The Balaban J connectivity index is 2.76. The van der Waals surface area contributed by atoms with Gasteiger partial charge < -0.3 is 5.32 Å². The molecule has 0 radical (unpaired) electrons. The first kappa shape index (κ1) is 5.35. The van der Waals surface area contributed by atoms with Gasteiger partial charge in [0.1, 0.15) is 0 Å². The molecule has 0 bridgehead atoms. The van der Waals surface area contributed by atoms with E-state index in [1.54, 1.807) is 13.0 Å². The molecular weight excluding hydrogens is 105 g/mol. The molecule has 0 unspecified atom stereocenters. The Hall–Kier alpha value is -0.790. The second kappa shape index (κ2) is 1.99. The zero-order chi connectivity index (χ0) is 5.98. The minimum absolute atomic E-state index is 0.201. The summed E-state index contributed by atoms with van der Waals surface area (Å²) in [6, 6.07) is 0. The average Bonchev–Trinajstić information content (AvgIpc) is 1.77. The smallest absolute Gasteiger partial charge is 0.190 e. The van der Waals surface area contributed by atoms with Gasteiger partial charge in [0.05, 0.1) is 0 Å². The lowest BCUT2D eigenvalue weighted by atomic mass is 10.2. The zero-order valence-corrected chi connectivity index (χ0v) is 4.74. The van der Waals surface area contributed by atoms with E-state index >= 15 is 0 Å². The molecule has 1 nitrogen and oxygen atoms in total. The van der Waals surface area contributed by atoms with Gasteiger partial charge in [0.2, 0.25) is 0 Å². The fourth-order valence-corrected chi connectivity index (χ4v) is 0.597. The van der Waals surface area contributed by atoms with Gasteiger partial charge >= 0.3 is 0 Å². The second-order valence-electron chi connectivity index (χ2n) is 1.78. The molecule has 0 fully saturated rings. The minimum Gasteiger partial charge on any atom is -0.358 e. The molecular formula is C6H8FN. The molecule has 2 heteroatoms. The minimum atomic E-state index is -0.201. The molecule has 1 aliphatic rings. The van der Waals surface area contributed by atoms with Crippen LogP contribution in [-0.2, 0) is 0 Å². The zero-order valence-electron chi connectivity index (χ0n) is 4.74. The third-order valence-electron chi connectivity index (χ3n) is 1.09. The summed E-state index contributed by atoms with van der Waals surface area (Å²) in [6.07, 6.45) is 3.66. The number of halogens is 1. The van der Waals surface area contributed by atoms with Crippen molar-refractivity contribution in [1.82, 2.24) is 5.32 Å². The second-order valence-corrected chi connectivity index (χ2v) is 1.78. The van der Waals surface area contributed by atoms with Crippen LogP contribution < -0.4 is 5.32 Å². The van der Waals surface area contributed by atoms with Crippen LogP contribution in [0.2, 0.25) is 0 Å². The first-order valence-electron chi connectivity index (χ1n) is 2.57. The largest absolute Gasteiger partial charge is 0.358 e. The maximum Gasteiger partial charge on any atom is 0.190 e. The van der Waals surface area contributed by atoms with Crippen molar-refractivity contribution in [1.29, 1.82) is 0 Å². The number of dihydropyridines is 1. The van der Waals surface area contributed by atoms with Crippen LogP contribution in [0.3, 0.4) is 0 Å². The van der Waals surface area contributed by atoms with Crippen LogP contribution in [0.15, 0.2) is 23.7 Å². The number of nitrogens with one attached hydrogen (secondary N) is 1. The Morgan fingerprint density at radius 1 is 1.75 bits per heavy atom. The topological polar surface area (TPSA) is 12.0 Å². The Kier molecular flexibility index (Phi) is 1.33. The molecule has 0 amide bonds. The maximum atomic E-state index is 12.3. The lowest BCUT2D eigenvalue weighted by molar-refractivity contribution is 0.547. The summed E-state index contributed by atoms with van der Waals surface area (Å²) in [4.78, 5) is 0. The van der Waals surface area contributed by atoms with Gasteiger partial charge in [-0.15, -0.1) is 0 Å². The molecule has 0 aromatic heterocycles. The Morgan fingerprint density at radius 3 is 2.88 bits per heavy atom. The third-order valence-corrected chi connectivity index (χ3v) is 1.09. The van der Waals surface area contributed by atoms with Gasteiger partial charge in [-0.05, 0) is 6.92 Å². The molecule has 0 saturated heterocycles. The monoisotopic (exact) mass is 113 g/mol. The van der Waals surface area contributed by atoms with Gasteiger partial charge in [0, 0.05) is 12.1 Å². The number of hydrogen-bond acceptors (Lipinski definition) is 1. The SMILES string of the molecule is CC1=C(F)NCC=C1. The van der Waals surface area contributed by atoms with Gasteiger partial charge in [-0.1, -0.05) is 12.2 Å². The van der Waals surface area contributed by atoms with E-state index in [1.165, 1.54) is 0 Å². The van der Waals surface area contributed by atoms with Crippen molar-refractivity contribution in [3.8, 4) is 0 Å². The van der Waals surface area contributed by atoms with Crippen molar-refractivity contribution in [2.75, 3.05) is 6.54 Å². The van der Waals surface area contributed by atoms with E-state index in [2.05, 4.69) is 5.32 Å². The van der Waals surface area contributed by atoms with E-state index in [4.69, 9.17) is 0 Å². The number of allylic oxidation sites excluding steroid dienone is 2. The highest BCUT2D eigenvalue weighted by Gasteiger charge is 1.98. The molecule has 0 spiro atoms. The molecule has 1 rings (SSSR count). The summed E-state index contributed by atoms with van der Waals surface area (Å²) in [6.45, 7) is 2.35. The van der Waals surface area contributed by atoms with Crippen molar-refractivity contribution >= 4 is 0 Å². The molecule has 0 atom stereocenters. The molecule has 0 saturated carbocycles. The van der Waals surface area contributed by atoms with E-state index in [0.29, 0.717) is 12.1 Å². The van der Waals surface area contributed by atoms with Crippen LogP contribution in [0, 0.1) is 0 Å². The van der Waals surface area contributed by atoms with Gasteiger partial charge in [-0.25, -0.2) is 0 Å². The summed E-state index contributed by atoms with van der Waals surface area (Å²) < 4.78 is 12.3. The quantitative estimate of drug-likeness (QED) is 0.467. The molecule has 0 aromatic carbocycles. The Bertz CT molecular complexity index is 147. The molecule has 1 N–H and O–H groups in total. The summed E-state index contributed by atoms with van der Waals surface area (Å²) in [7, 11) is 0. The van der Waals surface area contributed by atoms with Gasteiger partial charge in [-0.2, -0.15) is 4.39 Å². The predicted molar refractivity (Wildman–Crippen MR) is 31.0 cm³/mol. The fraction of sp³-hybridized carbons (Fsp3) is 0.333. The highest BCUT2D eigenvalue weighted by Crippen LogP contribution is 2.06. The van der Waals surface area contributed by atoms with Gasteiger partial charge in [-0.3, -0.25) is 0 Å². The predicted octanol–water partition coefficient (Wildman–Crippen LogP) is 1.35. The highest BCUT2D eigenvalue weighted by molar-refractivity contribution is 5.22. The standard InChI is InChI=1S/C6H8FN/c1-5-3-2-4-8-6(5)7/h2-3,8H,4H2,1H3. The maximum absolute atomic E-state index is 12.3. The lowest BCUT2D eigenvalue weighted by Gasteiger charge is -2.05. The van der Waals surface area contributed by atoms with E-state index < -0.39 is 0 Å². The van der Waals surface area contributed by atoms with E-state index in [-0.39, 0.29) is 5.95 Å². The van der Waals surface area contributed by atoms with E-state index in [1.807, 2.05) is 6.08 Å². The van der Waals surface area contributed by atoms with E-state index in [0.717, 1.165) is 0 Å². The molecule has 1 aliphatic heterocycles. The average molecular weight is 113 g/mol. The third kappa shape index (κ3) is 0.886. The van der Waals surface area contributed by atoms with Gasteiger partial charge in [0.15, 0.2) is 5.95 Å². The fourth-order valence-electron chi connectivity index (χ4n) is 0.597. The van der Waals surface area contributed by atoms with Crippen molar-refractivity contribution < 1.29 is 4.39 Å². The van der Waals surface area contributed by atoms with Crippen LogP contribution in [0.4, 0.5) is 4.39 Å². The van der Waals surface area contributed by atoms with Crippen molar-refractivity contribution in [2.45, 2.75) is 6.92 Å². The number of hydrogen-bond donors (Lipinski definition) is 1. The van der Waals surface area contributed by atoms with Crippen molar-refractivity contribution in [2.24, 2.45) is 0 Å².